The highest BCUT2D eigenvalue weighted by Crippen LogP contribution is 2.20. The van der Waals surface area contributed by atoms with Gasteiger partial charge in [0.25, 0.3) is 11.8 Å². The van der Waals surface area contributed by atoms with Crippen LogP contribution in [0, 0.1) is 0 Å². The zero-order valence-corrected chi connectivity index (χ0v) is 16.6. The molecular weight excluding hydrogens is 370 g/mol. The molecule has 0 fully saturated rings. The lowest BCUT2D eigenvalue weighted by Crippen LogP contribution is -2.34. The maximum atomic E-state index is 12.8. The van der Waals surface area contributed by atoms with Gasteiger partial charge in [0, 0.05) is 11.0 Å². The molecule has 1 unspecified atom stereocenters. The molecule has 0 radical (unpaired) electrons. The number of hydrogen-bond acceptors (Lipinski definition) is 6. The molecule has 0 saturated heterocycles. The minimum absolute atomic E-state index is 0.174. The molecule has 2 aromatic carbocycles. The Morgan fingerprint density at radius 3 is 2.24 bits per heavy atom. The Balaban J connectivity index is 1.73. The lowest BCUT2D eigenvalue weighted by molar-refractivity contribution is -0.148. The lowest BCUT2D eigenvalue weighted by Gasteiger charge is -2.17. The van der Waals surface area contributed by atoms with Gasteiger partial charge in [-0.3, -0.25) is 4.79 Å². The highest BCUT2D eigenvalue weighted by molar-refractivity contribution is 5.97. The third-order valence-corrected chi connectivity index (χ3v) is 4.16. The van der Waals surface area contributed by atoms with E-state index >= 15 is 0 Å². The van der Waals surface area contributed by atoms with Crippen LogP contribution in [0.3, 0.4) is 0 Å². The highest BCUT2D eigenvalue weighted by atomic mass is 16.6. The van der Waals surface area contributed by atoms with Crippen LogP contribution in [0.5, 0.6) is 0 Å². The first kappa shape index (κ1) is 20.3. The highest BCUT2D eigenvalue weighted by Gasteiger charge is 2.26. The van der Waals surface area contributed by atoms with E-state index in [1.807, 2.05) is 32.9 Å². The van der Waals surface area contributed by atoms with E-state index in [0.717, 1.165) is 0 Å². The Bertz CT molecular complexity index is 962. The van der Waals surface area contributed by atoms with E-state index in [1.54, 1.807) is 48.5 Å². The molecule has 0 aliphatic rings. The Kier molecular flexibility index (Phi) is 6.07. The number of amides is 1. The maximum Gasteiger partial charge on any atom is 0.333 e. The van der Waals surface area contributed by atoms with Crippen molar-refractivity contribution in [2.45, 2.75) is 38.8 Å². The molecule has 0 saturated carbocycles. The molecule has 1 aromatic heterocycles. The molecule has 7 nitrogen and oxygen atoms in total. The summed E-state index contributed by atoms with van der Waals surface area (Å²) in [5, 5.41) is 6.64. The molecule has 1 atom stereocenters. The lowest BCUT2D eigenvalue weighted by atomic mass is 9.96. The fourth-order valence-corrected chi connectivity index (χ4v) is 2.56. The molecule has 1 heterocycles. The van der Waals surface area contributed by atoms with Crippen molar-refractivity contribution in [2.75, 3.05) is 0 Å². The first-order chi connectivity index (χ1) is 13.8. The summed E-state index contributed by atoms with van der Waals surface area (Å²) in [4.78, 5) is 29.6. The molecule has 1 amide bonds. The van der Waals surface area contributed by atoms with Crippen molar-refractivity contribution >= 4 is 11.9 Å². The van der Waals surface area contributed by atoms with Gasteiger partial charge in [-0.05, 0) is 17.7 Å². The molecule has 0 aliphatic heterocycles. The molecule has 3 rings (SSSR count). The summed E-state index contributed by atoms with van der Waals surface area (Å²) < 4.78 is 10.5. The van der Waals surface area contributed by atoms with Gasteiger partial charge in [-0.1, -0.05) is 74.5 Å². The Labute approximate surface area is 169 Å². The van der Waals surface area contributed by atoms with Crippen LogP contribution in [-0.4, -0.2) is 22.0 Å². The van der Waals surface area contributed by atoms with Crippen molar-refractivity contribution in [3.63, 3.8) is 0 Å². The molecule has 0 bridgehead atoms. The van der Waals surface area contributed by atoms with Gasteiger partial charge in [-0.25, -0.2) is 4.79 Å². The van der Waals surface area contributed by atoms with E-state index in [1.165, 1.54) is 0 Å². The van der Waals surface area contributed by atoms with Gasteiger partial charge in [-0.2, -0.15) is 4.98 Å². The van der Waals surface area contributed by atoms with Crippen molar-refractivity contribution in [2.24, 2.45) is 0 Å². The first-order valence-corrected chi connectivity index (χ1v) is 9.25. The zero-order valence-electron chi connectivity index (χ0n) is 16.6. The zero-order chi connectivity index (χ0) is 20.9. The van der Waals surface area contributed by atoms with E-state index in [9.17, 15) is 9.59 Å². The number of ether oxygens (including phenoxy) is 1. The van der Waals surface area contributed by atoms with Crippen LogP contribution in [0.4, 0.5) is 0 Å². The molecule has 7 heteroatoms. The van der Waals surface area contributed by atoms with Crippen LogP contribution in [0.2, 0.25) is 0 Å². The molecule has 150 valence electrons. The number of benzene rings is 2. The average molecular weight is 393 g/mol. The molecule has 3 aromatic rings. The minimum Gasteiger partial charge on any atom is -0.454 e. The van der Waals surface area contributed by atoms with Crippen LogP contribution in [0.25, 0.3) is 0 Å². The third-order valence-electron chi connectivity index (χ3n) is 4.16. The predicted molar refractivity (Wildman–Crippen MR) is 106 cm³/mol. The summed E-state index contributed by atoms with van der Waals surface area (Å²) in [6.07, 6.45) is 0. The van der Waals surface area contributed by atoms with Crippen LogP contribution in [-0.2, 0) is 21.6 Å². The SMILES string of the molecule is CC(C)(C)c1noc(COC(=O)C(NC(=O)c2ccccc2)c2ccccc2)n1. The smallest absolute Gasteiger partial charge is 0.333 e. The van der Waals surface area contributed by atoms with Crippen LogP contribution in [0.1, 0.15) is 54.4 Å². The summed E-state index contributed by atoms with van der Waals surface area (Å²) in [5.41, 5.74) is 0.790. The Hall–Kier alpha value is -3.48. The van der Waals surface area contributed by atoms with Crippen molar-refractivity contribution in [3.8, 4) is 0 Å². The Morgan fingerprint density at radius 1 is 1.03 bits per heavy atom. The summed E-state index contributed by atoms with van der Waals surface area (Å²) in [6, 6.07) is 16.6. The topological polar surface area (TPSA) is 94.3 Å². The Morgan fingerprint density at radius 2 is 1.66 bits per heavy atom. The number of hydrogen-bond donors (Lipinski definition) is 1. The van der Waals surface area contributed by atoms with Gasteiger partial charge in [0.15, 0.2) is 18.5 Å². The molecule has 29 heavy (non-hydrogen) atoms. The molecule has 0 spiro atoms. The molecule has 0 aliphatic carbocycles. The van der Waals surface area contributed by atoms with E-state index in [4.69, 9.17) is 9.26 Å². The number of rotatable bonds is 6. The number of nitrogens with zero attached hydrogens (tertiary/aromatic N) is 2. The first-order valence-electron chi connectivity index (χ1n) is 9.25. The summed E-state index contributed by atoms with van der Waals surface area (Å²) in [6.45, 7) is 5.70. The van der Waals surface area contributed by atoms with Gasteiger partial charge in [0.05, 0.1) is 0 Å². The maximum absolute atomic E-state index is 12.8. The number of carbonyl (C=O) groups is 2. The van der Waals surface area contributed by atoms with Crippen LogP contribution in [0.15, 0.2) is 65.2 Å². The molecule has 1 N–H and O–H groups in total. The normalized spacial score (nSPS) is 12.2. The number of nitrogens with one attached hydrogen (secondary N) is 1. The number of carbonyl (C=O) groups excluding carboxylic acids is 2. The van der Waals surface area contributed by atoms with Crippen LogP contribution >= 0.6 is 0 Å². The second kappa shape index (κ2) is 8.68. The predicted octanol–water partition coefficient (Wildman–Crippen LogP) is 3.58. The number of esters is 1. The van der Waals surface area contributed by atoms with E-state index in [0.29, 0.717) is 17.0 Å². The summed E-state index contributed by atoms with van der Waals surface area (Å²) in [7, 11) is 0. The van der Waals surface area contributed by atoms with Gasteiger partial charge in [-0.15, -0.1) is 0 Å². The van der Waals surface area contributed by atoms with E-state index < -0.39 is 12.0 Å². The number of aromatic nitrogens is 2. The van der Waals surface area contributed by atoms with Gasteiger partial charge in [0.2, 0.25) is 0 Å². The van der Waals surface area contributed by atoms with Gasteiger partial charge in [0.1, 0.15) is 0 Å². The average Bonchev–Trinajstić information content (AvgIpc) is 3.21. The van der Waals surface area contributed by atoms with Gasteiger partial charge < -0.3 is 14.6 Å². The van der Waals surface area contributed by atoms with Crippen molar-refractivity contribution in [1.82, 2.24) is 15.5 Å². The fraction of sp³-hybridized carbons (Fsp3) is 0.273. The third kappa shape index (κ3) is 5.28. The molecular formula is C22H23N3O4. The van der Waals surface area contributed by atoms with Crippen molar-refractivity contribution < 1.29 is 18.8 Å². The van der Waals surface area contributed by atoms with Crippen LogP contribution < -0.4 is 5.32 Å². The largest absolute Gasteiger partial charge is 0.454 e. The van der Waals surface area contributed by atoms with E-state index in [-0.39, 0.29) is 23.8 Å². The quantitative estimate of drug-likeness (QED) is 0.643. The van der Waals surface area contributed by atoms with Gasteiger partial charge >= 0.3 is 5.97 Å². The standard InChI is InChI=1S/C22H23N3O4/c1-22(2,3)21-23-17(29-25-21)14-28-20(27)18(15-10-6-4-7-11-15)24-19(26)16-12-8-5-9-13-16/h4-13,18H,14H2,1-3H3,(H,24,26). The van der Waals surface area contributed by atoms with E-state index in [2.05, 4.69) is 15.5 Å². The van der Waals surface area contributed by atoms with Crippen molar-refractivity contribution in [3.05, 3.63) is 83.5 Å². The summed E-state index contributed by atoms with van der Waals surface area (Å²) in [5.74, 6) is -0.259. The minimum atomic E-state index is -0.964. The fourth-order valence-electron chi connectivity index (χ4n) is 2.56. The second-order valence-corrected chi connectivity index (χ2v) is 7.55. The summed E-state index contributed by atoms with van der Waals surface area (Å²) >= 11 is 0. The monoisotopic (exact) mass is 393 g/mol. The second-order valence-electron chi connectivity index (χ2n) is 7.55. The van der Waals surface area contributed by atoms with Crippen molar-refractivity contribution in [1.29, 1.82) is 0 Å².